The van der Waals surface area contributed by atoms with Crippen molar-refractivity contribution in [3.05, 3.63) is 29.8 Å². The molecule has 3 rings (SSSR count). The molecule has 0 atom stereocenters. The van der Waals surface area contributed by atoms with Gasteiger partial charge in [0.05, 0.1) is 4.90 Å². The van der Waals surface area contributed by atoms with Crippen LogP contribution in [0.4, 0.5) is 0 Å². The second kappa shape index (κ2) is 6.72. The number of carbonyl (C=O) groups excluding carboxylic acids is 1. The Balaban J connectivity index is 1.74. The summed E-state index contributed by atoms with van der Waals surface area (Å²) in [6.07, 6.45) is 3.12. The standard InChI is InChI=1S/C19H28N2O3S/c1-15(2)21-14-19(9-8-18(21)22)10-12-20(13-11-19)25(23,24)17-7-5-4-6-16(17)3/h4-7,15H,8-14H2,1-3H3. The first-order valence-corrected chi connectivity index (χ1v) is 10.5. The van der Waals surface area contributed by atoms with Crippen LogP contribution in [0.2, 0.25) is 0 Å². The number of amides is 1. The predicted octanol–water partition coefficient (Wildman–Crippen LogP) is 2.80. The van der Waals surface area contributed by atoms with E-state index in [1.165, 1.54) is 0 Å². The minimum absolute atomic E-state index is 0.0793. The van der Waals surface area contributed by atoms with Crippen molar-refractivity contribution in [2.45, 2.75) is 57.4 Å². The quantitative estimate of drug-likeness (QED) is 0.829. The first-order chi connectivity index (χ1) is 11.8. The summed E-state index contributed by atoms with van der Waals surface area (Å²) in [5.74, 6) is 0.232. The molecule has 0 saturated carbocycles. The zero-order chi connectivity index (χ0) is 18.2. The second-order valence-corrected chi connectivity index (χ2v) is 9.69. The lowest BCUT2D eigenvalue weighted by Gasteiger charge is -2.48. The van der Waals surface area contributed by atoms with Crippen LogP contribution in [0.3, 0.4) is 0 Å². The average Bonchev–Trinajstić information content (AvgIpc) is 2.58. The molecule has 2 aliphatic heterocycles. The molecule has 5 nitrogen and oxygen atoms in total. The van der Waals surface area contributed by atoms with Gasteiger partial charge in [-0.1, -0.05) is 18.2 Å². The molecule has 0 bridgehead atoms. The van der Waals surface area contributed by atoms with Crippen LogP contribution in [-0.2, 0) is 14.8 Å². The topological polar surface area (TPSA) is 57.7 Å². The van der Waals surface area contributed by atoms with Gasteiger partial charge in [0.1, 0.15) is 0 Å². The number of benzene rings is 1. The van der Waals surface area contributed by atoms with Gasteiger partial charge >= 0.3 is 0 Å². The highest BCUT2D eigenvalue weighted by Gasteiger charge is 2.43. The maximum Gasteiger partial charge on any atom is 0.243 e. The first-order valence-electron chi connectivity index (χ1n) is 9.10. The van der Waals surface area contributed by atoms with Crippen LogP contribution < -0.4 is 0 Å². The molecule has 2 saturated heterocycles. The lowest BCUT2D eigenvalue weighted by atomic mass is 9.72. The normalized spacial score (nSPS) is 21.9. The van der Waals surface area contributed by atoms with Crippen molar-refractivity contribution in [2.75, 3.05) is 19.6 Å². The van der Waals surface area contributed by atoms with E-state index in [-0.39, 0.29) is 17.4 Å². The molecule has 2 heterocycles. The van der Waals surface area contributed by atoms with Crippen molar-refractivity contribution in [3.63, 3.8) is 0 Å². The van der Waals surface area contributed by atoms with E-state index in [1.807, 2.05) is 24.0 Å². The van der Waals surface area contributed by atoms with E-state index in [1.54, 1.807) is 16.4 Å². The summed E-state index contributed by atoms with van der Waals surface area (Å²) in [7, 11) is -3.44. The fourth-order valence-electron chi connectivity index (χ4n) is 4.11. The Morgan fingerprint density at radius 1 is 1.08 bits per heavy atom. The van der Waals surface area contributed by atoms with Crippen LogP contribution in [0.5, 0.6) is 0 Å². The van der Waals surface area contributed by atoms with Crippen LogP contribution in [0, 0.1) is 12.3 Å². The van der Waals surface area contributed by atoms with Crippen molar-refractivity contribution < 1.29 is 13.2 Å². The molecule has 138 valence electrons. The summed E-state index contributed by atoms with van der Waals surface area (Å²) in [6, 6.07) is 7.37. The van der Waals surface area contributed by atoms with E-state index in [2.05, 4.69) is 13.8 Å². The predicted molar refractivity (Wildman–Crippen MR) is 97.7 cm³/mol. The summed E-state index contributed by atoms with van der Waals surface area (Å²) in [5.41, 5.74) is 0.868. The largest absolute Gasteiger partial charge is 0.340 e. The van der Waals surface area contributed by atoms with E-state index in [0.717, 1.165) is 31.4 Å². The number of hydrogen-bond donors (Lipinski definition) is 0. The van der Waals surface area contributed by atoms with Crippen molar-refractivity contribution in [1.29, 1.82) is 0 Å². The van der Waals surface area contributed by atoms with Gasteiger partial charge in [0.15, 0.2) is 0 Å². The van der Waals surface area contributed by atoms with Gasteiger partial charge in [-0.05, 0) is 57.1 Å². The molecule has 1 spiro atoms. The SMILES string of the molecule is Cc1ccccc1S(=O)(=O)N1CCC2(CCC(=O)N(C(C)C)C2)CC1. The number of piperidine rings is 2. The number of aryl methyl sites for hydroxylation is 1. The second-order valence-electron chi connectivity index (χ2n) is 7.78. The van der Waals surface area contributed by atoms with Gasteiger partial charge in [0.25, 0.3) is 0 Å². The molecule has 0 unspecified atom stereocenters. The van der Waals surface area contributed by atoms with Gasteiger partial charge < -0.3 is 4.90 Å². The molecule has 1 aromatic rings. The Morgan fingerprint density at radius 2 is 1.72 bits per heavy atom. The molecular formula is C19H28N2O3S. The highest BCUT2D eigenvalue weighted by atomic mass is 32.2. The molecule has 0 N–H and O–H groups in total. The van der Waals surface area contributed by atoms with Gasteiger partial charge in [0, 0.05) is 32.1 Å². The Kier molecular flexibility index (Phi) is 4.95. The van der Waals surface area contributed by atoms with Crippen molar-refractivity contribution in [3.8, 4) is 0 Å². The fourth-order valence-corrected chi connectivity index (χ4v) is 5.78. The number of likely N-dealkylation sites (tertiary alicyclic amines) is 1. The van der Waals surface area contributed by atoms with Crippen molar-refractivity contribution >= 4 is 15.9 Å². The molecule has 2 fully saturated rings. The van der Waals surface area contributed by atoms with Crippen molar-refractivity contribution in [2.24, 2.45) is 5.41 Å². The average molecular weight is 365 g/mol. The number of carbonyl (C=O) groups is 1. The third kappa shape index (κ3) is 3.47. The lowest BCUT2D eigenvalue weighted by Crippen LogP contribution is -2.54. The molecular weight excluding hydrogens is 336 g/mol. The number of nitrogens with zero attached hydrogens (tertiary/aromatic N) is 2. The minimum atomic E-state index is -3.44. The Labute approximate surface area is 151 Å². The molecule has 25 heavy (non-hydrogen) atoms. The molecule has 1 aromatic carbocycles. The van der Waals surface area contributed by atoms with Crippen LogP contribution in [0.15, 0.2) is 29.2 Å². The van der Waals surface area contributed by atoms with Gasteiger partial charge in [-0.15, -0.1) is 0 Å². The van der Waals surface area contributed by atoms with E-state index < -0.39 is 10.0 Å². The third-order valence-corrected chi connectivity index (χ3v) is 7.87. The minimum Gasteiger partial charge on any atom is -0.340 e. The maximum atomic E-state index is 13.0. The number of rotatable bonds is 3. The molecule has 6 heteroatoms. The Hall–Kier alpha value is -1.40. The lowest BCUT2D eigenvalue weighted by molar-refractivity contribution is -0.141. The number of hydrogen-bond acceptors (Lipinski definition) is 3. The molecule has 0 radical (unpaired) electrons. The molecule has 0 aromatic heterocycles. The number of sulfonamides is 1. The van der Waals surface area contributed by atoms with Crippen LogP contribution in [0.1, 0.15) is 45.1 Å². The molecule has 0 aliphatic carbocycles. The molecule has 1 amide bonds. The highest BCUT2D eigenvalue weighted by Crippen LogP contribution is 2.41. The van der Waals surface area contributed by atoms with Crippen LogP contribution in [-0.4, -0.2) is 49.2 Å². The van der Waals surface area contributed by atoms with Gasteiger partial charge in [-0.25, -0.2) is 8.42 Å². The zero-order valence-corrected chi connectivity index (χ0v) is 16.2. The van der Waals surface area contributed by atoms with Crippen LogP contribution >= 0.6 is 0 Å². The van der Waals surface area contributed by atoms with Gasteiger partial charge in [-0.2, -0.15) is 4.31 Å². The Morgan fingerprint density at radius 3 is 2.32 bits per heavy atom. The maximum absolute atomic E-state index is 13.0. The van der Waals surface area contributed by atoms with E-state index in [0.29, 0.717) is 24.4 Å². The summed E-state index contributed by atoms with van der Waals surface area (Å²) in [4.78, 5) is 14.5. The van der Waals surface area contributed by atoms with Gasteiger partial charge in [-0.3, -0.25) is 4.79 Å². The first kappa shape index (κ1) is 18.4. The summed E-state index contributed by atoms with van der Waals surface area (Å²) in [5, 5.41) is 0. The Bertz CT molecular complexity index is 750. The van der Waals surface area contributed by atoms with Crippen LogP contribution in [0.25, 0.3) is 0 Å². The summed E-state index contributed by atoms with van der Waals surface area (Å²) < 4.78 is 27.6. The zero-order valence-electron chi connectivity index (χ0n) is 15.4. The third-order valence-electron chi connectivity index (χ3n) is 5.81. The fraction of sp³-hybridized carbons (Fsp3) is 0.632. The van der Waals surface area contributed by atoms with Crippen molar-refractivity contribution in [1.82, 2.24) is 9.21 Å². The van der Waals surface area contributed by atoms with E-state index in [9.17, 15) is 13.2 Å². The molecule has 2 aliphatic rings. The highest BCUT2D eigenvalue weighted by molar-refractivity contribution is 7.89. The smallest absolute Gasteiger partial charge is 0.243 e. The summed E-state index contributed by atoms with van der Waals surface area (Å²) in [6.45, 7) is 7.78. The van der Waals surface area contributed by atoms with E-state index in [4.69, 9.17) is 0 Å². The monoisotopic (exact) mass is 364 g/mol. The summed E-state index contributed by atoms with van der Waals surface area (Å²) >= 11 is 0. The van der Waals surface area contributed by atoms with E-state index >= 15 is 0 Å². The van der Waals surface area contributed by atoms with Gasteiger partial charge in [0.2, 0.25) is 15.9 Å².